The maximum atomic E-state index is 14.9. The predicted octanol–water partition coefficient (Wildman–Crippen LogP) is 4.01. The number of nitrogens with one attached hydrogen (secondary N) is 1. The number of nitrogens with zero attached hydrogens (tertiary/aromatic N) is 4. The molecule has 9 heteroatoms. The molecule has 2 aromatic rings. The van der Waals surface area contributed by atoms with Crippen LogP contribution in [-0.2, 0) is 17.1 Å². The largest absolute Gasteiger partial charge is 0.384 e. The summed E-state index contributed by atoms with van der Waals surface area (Å²) in [5, 5.41) is 24.4. The Morgan fingerprint density at radius 1 is 1.19 bits per heavy atom. The number of carbonyl (C=O) groups is 1. The van der Waals surface area contributed by atoms with Gasteiger partial charge in [-0.2, -0.15) is 8.78 Å². The Bertz CT molecular complexity index is 830. The summed E-state index contributed by atoms with van der Waals surface area (Å²) in [5.41, 5.74) is -2.38. The quantitative estimate of drug-likeness (QED) is 0.478. The van der Waals surface area contributed by atoms with Crippen molar-refractivity contribution in [3.63, 3.8) is 0 Å². The molecule has 0 aliphatic carbocycles. The average molecular weight is 450 g/mol. The van der Waals surface area contributed by atoms with Crippen LogP contribution in [0.25, 0.3) is 0 Å². The van der Waals surface area contributed by atoms with Gasteiger partial charge in [0.15, 0.2) is 0 Å². The molecule has 1 saturated heterocycles. The van der Waals surface area contributed by atoms with Crippen molar-refractivity contribution in [2.75, 3.05) is 6.54 Å². The Hall–Kier alpha value is -2.42. The van der Waals surface area contributed by atoms with Gasteiger partial charge < -0.3 is 10.0 Å². The number of aliphatic hydroxyl groups is 1. The zero-order chi connectivity index (χ0) is 23.0. The van der Waals surface area contributed by atoms with Gasteiger partial charge in [-0.25, -0.2) is 5.10 Å². The van der Waals surface area contributed by atoms with Gasteiger partial charge in [-0.1, -0.05) is 43.2 Å². The number of aryl methyl sites for hydroxylation is 1. The van der Waals surface area contributed by atoms with Crippen LogP contribution in [0.4, 0.5) is 8.78 Å². The number of aromatic nitrogens is 4. The molecule has 3 rings (SSSR count). The number of carbonyl (C=O) groups excluding carboxylic acids is 1. The molecule has 7 nitrogen and oxygen atoms in total. The van der Waals surface area contributed by atoms with Crippen LogP contribution in [0, 0.1) is 0 Å². The van der Waals surface area contributed by atoms with E-state index in [9.17, 15) is 18.7 Å². The number of hydrogen-bond acceptors (Lipinski definition) is 5. The molecule has 32 heavy (non-hydrogen) atoms. The summed E-state index contributed by atoms with van der Waals surface area (Å²) in [5.74, 6) is -2.50. The van der Waals surface area contributed by atoms with E-state index in [1.807, 2.05) is 4.90 Å². The lowest BCUT2D eigenvalue weighted by molar-refractivity contribution is -0.184. The Morgan fingerprint density at radius 2 is 1.94 bits per heavy atom. The molecular formula is C23H33F2N5O2. The van der Waals surface area contributed by atoms with Crippen LogP contribution in [0.2, 0.25) is 0 Å². The fourth-order valence-electron chi connectivity index (χ4n) is 4.38. The molecule has 0 radical (unpaired) electrons. The Balaban J connectivity index is 1.48. The molecule has 0 bridgehead atoms. The summed E-state index contributed by atoms with van der Waals surface area (Å²) in [4.78, 5) is 14.4. The standard InChI is InChI=1S/C23H33F2N5O2/c1-22(32,23(24,25)18-10-5-4-6-11-18)16-15-19-12-9-14-21(31)30(19)17-8-3-2-7-13-20-26-28-29-27-20/h4-6,10-11,19,32H,2-3,7-9,12-17H2,1H3,(H,26,27,28,29)/t19-,22?/m1/s1. The molecule has 0 saturated carbocycles. The number of aromatic amines is 1. The molecule has 2 atom stereocenters. The van der Waals surface area contributed by atoms with Crippen LogP contribution in [0.15, 0.2) is 30.3 Å². The van der Waals surface area contributed by atoms with Crippen molar-refractivity contribution in [1.82, 2.24) is 25.5 Å². The van der Waals surface area contributed by atoms with E-state index in [2.05, 4.69) is 20.6 Å². The first-order chi connectivity index (χ1) is 15.3. The first kappa shape index (κ1) is 24.2. The lowest BCUT2D eigenvalue weighted by atomic mass is 9.84. The van der Waals surface area contributed by atoms with Crippen molar-refractivity contribution in [2.45, 2.75) is 88.7 Å². The van der Waals surface area contributed by atoms with Gasteiger partial charge >= 0.3 is 5.92 Å². The summed E-state index contributed by atoms with van der Waals surface area (Å²) >= 11 is 0. The van der Waals surface area contributed by atoms with Crippen LogP contribution in [-0.4, -0.2) is 54.7 Å². The summed E-state index contributed by atoms with van der Waals surface area (Å²) in [6.45, 7) is 1.82. The topological polar surface area (TPSA) is 95.0 Å². The number of likely N-dealkylation sites (tertiary alicyclic amines) is 1. The maximum absolute atomic E-state index is 14.9. The smallest absolute Gasteiger partial charge is 0.300 e. The van der Waals surface area contributed by atoms with E-state index < -0.39 is 11.5 Å². The Labute approximate surface area is 187 Å². The highest BCUT2D eigenvalue weighted by Gasteiger charge is 2.50. The number of alkyl halides is 2. The number of halogens is 2. The zero-order valence-corrected chi connectivity index (χ0v) is 18.6. The van der Waals surface area contributed by atoms with Crippen LogP contribution >= 0.6 is 0 Å². The third-order valence-electron chi connectivity index (χ3n) is 6.42. The number of amides is 1. The first-order valence-corrected chi connectivity index (χ1v) is 11.5. The molecule has 176 valence electrons. The molecule has 0 spiro atoms. The van der Waals surface area contributed by atoms with E-state index in [1.165, 1.54) is 19.1 Å². The lowest BCUT2D eigenvalue weighted by Gasteiger charge is -2.39. The minimum atomic E-state index is -3.36. The normalized spacial score (nSPS) is 19.2. The number of hydrogen-bond donors (Lipinski definition) is 2. The van der Waals surface area contributed by atoms with Crippen LogP contribution in [0.1, 0.15) is 76.1 Å². The third kappa shape index (κ3) is 6.09. The van der Waals surface area contributed by atoms with Gasteiger partial charge in [0.05, 0.1) is 0 Å². The van der Waals surface area contributed by atoms with Gasteiger partial charge in [-0.3, -0.25) is 4.79 Å². The number of rotatable bonds is 12. The van der Waals surface area contributed by atoms with Gasteiger partial charge in [-0.15, -0.1) is 5.10 Å². The highest BCUT2D eigenvalue weighted by Crippen LogP contribution is 2.42. The number of benzene rings is 1. The summed E-state index contributed by atoms with van der Waals surface area (Å²) in [6, 6.07) is 7.33. The second kappa shape index (κ2) is 10.9. The van der Waals surface area contributed by atoms with Gasteiger partial charge in [-0.05, 0) is 55.9 Å². The average Bonchev–Trinajstić information content (AvgIpc) is 3.30. The minimum Gasteiger partial charge on any atom is -0.384 e. The van der Waals surface area contributed by atoms with Gasteiger partial charge in [0.1, 0.15) is 11.4 Å². The van der Waals surface area contributed by atoms with Gasteiger partial charge in [0.25, 0.3) is 0 Å². The van der Waals surface area contributed by atoms with Crippen LogP contribution < -0.4 is 0 Å². The van der Waals surface area contributed by atoms with Gasteiger partial charge in [0.2, 0.25) is 5.91 Å². The van der Waals surface area contributed by atoms with Crippen molar-refractivity contribution in [3.8, 4) is 0 Å². The van der Waals surface area contributed by atoms with E-state index in [-0.39, 0.29) is 23.9 Å². The van der Waals surface area contributed by atoms with Crippen molar-refractivity contribution >= 4 is 5.91 Å². The van der Waals surface area contributed by atoms with Crippen molar-refractivity contribution in [2.24, 2.45) is 0 Å². The molecule has 2 heterocycles. The molecule has 1 aliphatic rings. The van der Waals surface area contributed by atoms with E-state index in [1.54, 1.807) is 18.2 Å². The minimum absolute atomic E-state index is 0.0748. The van der Waals surface area contributed by atoms with Crippen molar-refractivity contribution in [1.29, 1.82) is 0 Å². The SMILES string of the molecule is CC(O)(CC[C@H]1CCCC(=O)N1CCCCCCc1nnn[nH]1)C(F)(F)c1ccccc1. The Morgan fingerprint density at radius 3 is 2.66 bits per heavy atom. The second-order valence-corrected chi connectivity index (χ2v) is 8.90. The highest BCUT2D eigenvalue weighted by atomic mass is 19.3. The summed E-state index contributed by atoms with van der Waals surface area (Å²) in [7, 11) is 0. The molecule has 1 aromatic carbocycles. The molecule has 1 aromatic heterocycles. The Kier molecular flexibility index (Phi) is 8.28. The molecule has 2 N–H and O–H groups in total. The van der Waals surface area contributed by atoms with E-state index in [4.69, 9.17) is 0 Å². The van der Waals surface area contributed by atoms with Crippen LogP contribution in [0.5, 0.6) is 0 Å². The molecule has 1 aliphatic heterocycles. The molecule has 1 amide bonds. The molecule has 1 unspecified atom stereocenters. The van der Waals surface area contributed by atoms with E-state index >= 15 is 0 Å². The second-order valence-electron chi connectivity index (χ2n) is 8.90. The molecule has 1 fully saturated rings. The number of unbranched alkanes of at least 4 members (excludes halogenated alkanes) is 3. The fraction of sp³-hybridized carbons (Fsp3) is 0.652. The first-order valence-electron chi connectivity index (χ1n) is 11.5. The number of tetrazole rings is 1. The zero-order valence-electron chi connectivity index (χ0n) is 18.6. The lowest BCUT2D eigenvalue weighted by Crippen LogP contribution is -2.47. The van der Waals surface area contributed by atoms with Gasteiger partial charge in [0, 0.05) is 31.0 Å². The fourth-order valence-corrected chi connectivity index (χ4v) is 4.38. The third-order valence-corrected chi connectivity index (χ3v) is 6.42. The predicted molar refractivity (Wildman–Crippen MR) is 116 cm³/mol. The molecular weight excluding hydrogens is 416 g/mol. The highest BCUT2D eigenvalue weighted by molar-refractivity contribution is 5.77. The van der Waals surface area contributed by atoms with Crippen molar-refractivity contribution in [3.05, 3.63) is 41.7 Å². The van der Waals surface area contributed by atoms with E-state index in [0.717, 1.165) is 50.8 Å². The monoisotopic (exact) mass is 449 g/mol. The number of piperidine rings is 1. The maximum Gasteiger partial charge on any atom is 0.300 e. The van der Waals surface area contributed by atoms with E-state index in [0.29, 0.717) is 19.4 Å². The van der Waals surface area contributed by atoms with Crippen molar-refractivity contribution < 1.29 is 18.7 Å². The summed E-state index contributed by atoms with van der Waals surface area (Å²) in [6.07, 6.45) is 6.95. The van der Waals surface area contributed by atoms with Crippen LogP contribution in [0.3, 0.4) is 0 Å². The summed E-state index contributed by atoms with van der Waals surface area (Å²) < 4.78 is 29.9. The number of H-pyrrole nitrogens is 1.